The molecule has 2 aromatic carbocycles. The topological polar surface area (TPSA) is 59.6 Å². The van der Waals surface area contributed by atoms with Crippen LogP contribution < -0.4 is 15.4 Å². The zero-order valence-corrected chi connectivity index (χ0v) is 17.4. The molecule has 28 heavy (non-hydrogen) atoms. The number of esters is 1. The summed E-state index contributed by atoms with van der Waals surface area (Å²) in [6.07, 6.45) is 0. The predicted octanol–water partition coefficient (Wildman–Crippen LogP) is 5.75. The first kappa shape index (κ1) is 19.9. The van der Waals surface area contributed by atoms with E-state index in [9.17, 15) is 4.79 Å². The molecule has 1 heterocycles. The molecule has 0 fully saturated rings. The lowest BCUT2D eigenvalue weighted by Crippen LogP contribution is -2.20. The molecular formula is C21H20N2O3S2. The number of rotatable bonds is 5. The van der Waals surface area contributed by atoms with Crippen molar-refractivity contribution < 1.29 is 14.3 Å². The minimum Gasteiger partial charge on any atom is -0.465 e. The molecule has 2 N–H and O–H groups in total. The van der Waals surface area contributed by atoms with Crippen LogP contribution in [0.25, 0.3) is 0 Å². The lowest BCUT2D eigenvalue weighted by atomic mass is 10.1. The standard InChI is InChI=1S/C21H20N2O3S2/c1-13-14(2)28-19(18(13)20(24)25-3)23-21(27)22-15-9-11-17(12-10-15)26-16-7-5-4-6-8-16/h4-12H,1-3H3,(H2,22,23,27). The van der Waals surface area contributed by atoms with Crippen molar-refractivity contribution in [2.24, 2.45) is 0 Å². The maximum absolute atomic E-state index is 12.1. The number of benzene rings is 2. The summed E-state index contributed by atoms with van der Waals surface area (Å²) in [5.74, 6) is 1.13. The van der Waals surface area contributed by atoms with Crippen molar-refractivity contribution >= 4 is 45.3 Å². The molecule has 0 spiro atoms. The highest BCUT2D eigenvalue weighted by atomic mass is 32.1. The zero-order valence-electron chi connectivity index (χ0n) is 15.7. The number of carbonyl (C=O) groups excluding carboxylic acids is 1. The summed E-state index contributed by atoms with van der Waals surface area (Å²) in [4.78, 5) is 13.1. The average molecular weight is 413 g/mol. The lowest BCUT2D eigenvalue weighted by molar-refractivity contribution is 0.0601. The van der Waals surface area contributed by atoms with E-state index in [1.807, 2.05) is 68.4 Å². The van der Waals surface area contributed by atoms with Crippen LogP contribution in [0.5, 0.6) is 11.5 Å². The molecule has 0 bridgehead atoms. The molecule has 1 aromatic heterocycles. The number of nitrogens with one attached hydrogen (secondary N) is 2. The zero-order chi connectivity index (χ0) is 20.1. The second kappa shape index (κ2) is 8.86. The smallest absolute Gasteiger partial charge is 0.341 e. The highest BCUT2D eigenvalue weighted by Gasteiger charge is 2.20. The van der Waals surface area contributed by atoms with E-state index >= 15 is 0 Å². The molecule has 3 rings (SSSR count). The fraction of sp³-hybridized carbons (Fsp3) is 0.143. The Hall–Kier alpha value is -2.90. The lowest BCUT2D eigenvalue weighted by Gasteiger charge is -2.11. The summed E-state index contributed by atoms with van der Waals surface area (Å²) in [5, 5.41) is 7.27. The molecular weight excluding hydrogens is 392 g/mol. The van der Waals surface area contributed by atoms with Crippen LogP contribution in [0.2, 0.25) is 0 Å². The van der Waals surface area contributed by atoms with Crippen molar-refractivity contribution in [2.45, 2.75) is 13.8 Å². The summed E-state index contributed by atoms with van der Waals surface area (Å²) in [6, 6.07) is 17.0. The molecule has 0 radical (unpaired) electrons. The van der Waals surface area contributed by atoms with Crippen LogP contribution in [0.3, 0.4) is 0 Å². The van der Waals surface area contributed by atoms with Crippen LogP contribution in [-0.4, -0.2) is 18.2 Å². The van der Waals surface area contributed by atoms with Gasteiger partial charge in [-0.2, -0.15) is 0 Å². The number of methoxy groups -OCH3 is 1. The van der Waals surface area contributed by atoms with Crippen LogP contribution in [0.1, 0.15) is 20.8 Å². The Kier molecular flexibility index (Phi) is 6.28. The number of thiocarbonyl (C=S) groups is 1. The van der Waals surface area contributed by atoms with Crippen molar-refractivity contribution in [3.05, 3.63) is 70.6 Å². The van der Waals surface area contributed by atoms with E-state index in [0.717, 1.165) is 27.6 Å². The van der Waals surface area contributed by atoms with Crippen molar-refractivity contribution in [2.75, 3.05) is 17.7 Å². The van der Waals surface area contributed by atoms with Gasteiger partial charge in [0.25, 0.3) is 0 Å². The summed E-state index contributed by atoms with van der Waals surface area (Å²) < 4.78 is 10.7. The first-order valence-corrected chi connectivity index (χ1v) is 9.79. The SMILES string of the molecule is COC(=O)c1c(NC(=S)Nc2ccc(Oc3ccccc3)cc2)sc(C)c1C. The molecule has 0 aliphatic heterocycles. The molecule has 5 nitrogen and oxygen atoms in total. The van der Waals surface area contributed by atoms with Gasteiger partial charge in [0.05, 0.1) is 12.7 Å². The number of hydrogen-bond acceptors (Lipinski definition) is 5. The third kappa shape index (κ3) is 4.68. The highest BCUT2D eigenvalue weighted by Crippen LogP contribution is 2.33. The first-order valence-electron chi connectivity index (χ1n) is 8.57. The third-order valence-corrected chi connectivity index (χ3v) is 5.42. The van der Waals surface area contributed by atoms with Gasteiger partial charge in [0.15, 0.2) is 5.11 Å². The third-order valence-electron chi connectivity index (χ3n) is 4.09. The fourth-order valence-electron chi connectivity index (χ4n) is 2.56. The van der Waals surface area contributed by atoms with Gasteiger partial charge in [-0.05, 0) is 68.0 Å². The van der Waals surface area contributed by atoms with Gasteiger partial charge in [0, 0.05) is 10.6 Å². The van der Waals surface area contributed by atoms with Gasteiger partial charge < -0.3 is 20.1 Å². The summed E-state index contributed by atoms with van der Waals surface area (Å²) in [5.41, 5.74) is 2.22. The van der Waals surface area contributed by atoms with Gasteiger partial charge in [-0.1, -0.05) is 18.2 Å². The van der Waals surface area contributed by atoms with E-state index in [2.05, 4.69) is 10.6 Å². The second-order valence-corrected chi connectivity index (χ2v) is 7.63. The van der Waals surface area contributed by atoms with Gasteiger partial charge in [-0.3, -0.25) is 0 Å². The number of para-hydroxylation sites is 1. The Morgan fingerprint density at radius 1 is 0.964 bits per heavy atom. The second-order valence-electron chi connectivity index (χ2n) is 6.00. The van der Waals surface area contributed by atoms with Gasteiger partial charge in [-0.25, -0.2) is 4.79 Å². The molecule has 0 unspecified atom stereocenters. The Labute approximate surface area is 173 Å². The molecule has 144 valence electrons. The minimum atomic E-state index is -0.380. The molecule has 0 saturated heterocycles. The number of carbonyl (C=O) groups is 1. The Balaban J connectivity index is 1.66. The molecule has 7 heteroatoms. The number of aryl methyl sites for hydroxylation is 1. The van der Waals surface area contributed by atoms with E-state index in [1.54, 1.807) is 0 Å². The maximum atomic E-state index is 12.1. The van der Waals surface area contributed by atoms with Crippen LogP contribution >= 0.6 is 23.6 Å². The number of ether oxygens (including phenoxy) is 2. The summed E-state index contributed by atoms with van der Waals surface area (Å²) in [7, 11) is 1.37. The molecule has 0 aliphatic rings. The maximum Gasteiger partial charge on any atom is 0.341 e. The van der Waals surface area contributed by atoms with Crippen molar-refractivity contribution in [3.63, 3.8) is 0 Å². The van der Waals surface area contributed by atoms with Crippen LogP contribution in [-0.2, 0) is 4.74 Å². The normalized spacial score (nSPS) is 10.2. The van der Waals surface area contributed by atoms with Crippen molar-refractivity contribution in [3.8, 4) is 11.5 Å². The van der Waals surface area contributed by atoms with E-state index < -0.39 is 0 Å². The Bertz CT molecular complexity index is 983. The molecule has 3 aromatic rings. The van der Waals surface area contributed by atoms with Crippen molar-refractivity contribution in [1.82, 2.24) is 0 Å². The molecule has 0 amide bonds. The molecule has 0 saturated carbocycles. The largest absolute Gasteiger partial charge is 0.465 e. The highest BCUT2D eigenvalue weighted by molar-refractivity contribution is 7.80. The Morgan fingerprint density at radius 2 is 1.61 bits per heavy atom. The monoisotopic (exact) mass is 412 g/mol. The predicted molar refractivity (Wildman–Crippen MR) is 118 cm³/mol. The molecule has 0 atom stereocenters. The average Bonchev–Trinajstić information content (AvgIpc) is 2.97. The Morgan fingerprint density at radius 3 is 2.25 bits per heavy atom. The minimum absolute atomic E-state index is 0.380. The van der Waals surface area contributed by atoms with E-state index in [-0.39, 0.29) is 5.97 Å². The number of anilines is 2. The van der Waals surface area contributed by atoms with E-state index in [1.165, 1.54) is 18.4 Å². The van der Waals surface area contributed by atoms with Gasteiger partial charge in [0.1, 0.15) is 16.5 Å². The summed E-state index contributed by atoms with van der Waals surface area (Å²) >= 11 is 6.86. The van der Waals surface area contributed by atoms with Gasteiger partial charge in [-0.15, -0.1) is 11.3 Å². The van der Waals surface area contributed by atoms with Crippen molar-refractivity contribution in [1.29, 1.82) is 0 Å². The van der Waals surface area contributed by atoms with Gasteiger partial charge >= 0.3 is 5.97 Å². The first-order chi connectivity index (χ1) is 13.5. The number of thiophene rings is 1. The van der Waals surface area contributed by atoms with E-state index in [4.69, 9.17) is 21.7 Å². The molecule has 0 aliphatic carbocycles. The van der Waals surface area contributed by atoms with Crippen LogP contribution in [0, 0.1) is 13.8 Å². The van der Waals surface area contributed by atoms with Gasteiger partial charge in [0.2, 0.25) is 0 Å². The van der Waals surface area contributed by atoms with Crippen LogP contribution in [0.4, 0.5) is 10.7 Å². The van der Waals surface area contributed by atoms with Crippen LogP contribution in [0.15, 0.2) is 54.6 Å². The van der Waals surface area contributed by atoms with E-state index in [0.29, 0.717) is 15.7 Å². The number of hydrogen-bond donors (Lipinski definition) is 2. The fourth-order valence-corrected chi connectivity index (χ4v) is 3.90. The summed E-state index contributed by atoms with van der Waals surface area (Å²) in [6.45, 7) is 3.85. The quantitative estimate of drug-likeness (QED) is 0.411.